The molecule has 0 bridgehead atoms. The van der Waals surface area contributed by atoms with Crippen molar-refractivity contribution in [1.29, 1.82) is 0 Å². The third-order valence-electron chi connectivity index (χ3n) is 7.99. The summed E-state index contributed by atoms with van der Waals surface area (Å²) in [5, 5.41) is 9.04. The minimum Gasteiger partial charge on any atom is -0.356 e. The van der Waals surface area contributed by atoms with Gasteiger partial charge in [0.25, 0.3) is 0 Å². The summed E-state index contributed by atoms with van der Waals surface area (Å²) in [6.07, 6.45) is 26.3. The second kappa shape index (κ2) is 30.8. The van der Waals surface area contributed by atoms with Crippen LogP contribution >= 0.6 is 0 Å². The zero-order valence-electron chi connectivity index (χ0n) is 28.3. The van der Waals surface area contributed by atoms with Gasteiger partial charge in [-0.3, -0.25) is 14.4 Å². The summed E-state index contributed by atoms with van der Waals surface area (Å²) in [4.78, 5) is 39.8. The van der Waals surface area contributed by atoms with Crippen molar-refractivity contribution < 1.29 is 14.4 Å². The van der Waals surface area contributed by atoms with Gasteiger partial charge < -0.3 is 20.9 Å². The minimum atomic E-state index is -0.506. The zero-order chi connectivity index (χ0) is 31.1. The SMILES string of the molecule is CCCCCCCCCCCC(=O)NCCCCC(NC(=O)CCCCCCCCCCC)C(=O)NCCCN(C)C. The van der Waals surface area contributed by atoms with Gasteiger partial charge in [0.1, 0.15) is 6.04 Å². The van der Waals surface area contributed by atoms with Crippen LogP contribution in [0, 0.1) is 0 Å². The maximum Gasteiger partial charge on any atom is 0.242 e. The van der Waals surface area contributed by atoms with E-state index >= 15 is 0 Å². The van der Waals surface area contributed by atoms with Gasteiger partial charge in [-0.2, -0.15) is 0 Å². The van der Waals surface area contributed by atoms with Crippen LogP contribution in [-0.2, 0) is 14.4 Å². The number of carbonyl (C=O) groups excluding carboxylic acids is 3. The number of carbonyl (C=O) groups is 3. The van der Waals surface area contributed by atoms with Crippen LogP contribution in [0.5, 0.6) is 0 Å². The molecule has 248 valence electrons. The average molecular weight is 595 g/mol. The molecule has 7 heteroatoms. The van der Waals surface area contributed by atoms with Gasteiger partial charge in [0, 0.05) is 25.9 Å². The largest absolute Gasteiger partial charge is 0.356 e. The first-order chi connectivity index (χ1) is 20.4. The lowest BCUT2D eigenvalue weighted by Gasteiger charge is -2.19. The van der Waals surface area contributed by atoms with E-state index in [1.807, 2.05) is 14.1 Å². The van der Waals surface area contributed by atoms with Crippen LogP contribution in [0.2, 0.25) is 0 Å². The molecule has 1 atom stereocenters. The van der Waals surface area contributed by atoms with Crippen molar-refractivity contribution >= 4 is 17.7 Å². The quantitative estimate of drug-likeness (QED) is 0.0719. The van der Waals surface area contributed by atoms with Crippen LogP contribution in [0.3, 0.4) is 0 Å². The first kappa shape index (κ1) is 40.4. The van der Waals surface area contributed by atoms with E-state index in [-0.39, 0.29) is 17.7 Å². The summed E-state index contributed by atoms with van der Waals surface area (Å²) in [5.41, 5.74) is 0. The molecule has 0 aromatic rings. The monoisotopic (exact) mass is 595 g/mol. The molecule has 0 aliphatic rings. The van der Waals surface area contributed by atoms with E-state index < -0.39 is 6.04 Å². The summed E-state index contributed by atoms with van der Waals surface area (Å²) in [6.45, 7) is 6.63. The number of unbranched alkanes of at least 4 members (excludes halogenated alkanes) is 17. The molecule has 3 N–H and O–H groups in total. The smallest absolute Gasteiger partial charge is 0.242 e. The van der Waals surface area contributed by atoms with Crippen molar-refractivity contribution in [3.05, 3.63) is 0 Å². The number of hydrogen-bond acceptors (Lipinski definition) is 4. The van der Waals surface area contributed by atoms with Gasteiger partial charge in [-0.15, -0.1) is 0 Å². The van der Waals surface area contributed by atoms with Crippen LogP contribution in [0.1, 0.15) is 168 Å². The molecule has 0 saturated carbocycles. The van der Waals surface area contributed by atoms with Crippen molar-refractivity contribution in [2.24, 2.45) is 0 Å². The van der Waals surface area contributed by atoms with E-state index in [1.165, 1.54) is 89.9 Å². The molecular formula is C35H70N4O3. The molecule has 0 aromatic heterocycles. The van der Waals surface area contributed by atoms with E-state index in [0.29, 0.717) is 32.4 Å². The Balaban J connectivity index is 4.20. The Hall–Kier alpha value is -1.63. The highest BCUT2D eigenvalue weighted by molar-refractivity contribution is 5.87. The summed E-state index contributed by atoms with van der Waals surface area (Å²) in [6, 6.07) is -0.506. The molecule has 42 heavy (non-hydrogen) atoms. The number of nitrogens with one attached hydrogen (secondary N) is 3. The minimum absolute atomic E-state index is 0.0272. The van der Waals surface area contributed by atoms with Crippen molar-refractivity contribution in [3.63, 3.8) is 0 Å². The molecule has 0 saturated heterocycles. The second-order valence-corrected chi connectivity index (χ2v) is 12.6. The summed E-state index contributed by atoms with van der Waals surface area (Å²) >= 11 is 0. The van der Waals surface area contributed by atoms with Crippen LogP contribution in [0.15, 0.2) is 0 Å². The number of rotatable bonds is 31. The van der Waals surface area contributed by atoms with E-state index in [1.54, 1.807) is 0 Å². The Morgan fingerprint density at radius 1 is 0.524 bits per heavy atom. The highest BCUT2D eigenvalue weighted by Gasteiger charge is 2.20. The lowest BCUT2D eigenvalue weighted by Crippen LogP contribution is -2.47. The summed E-state index contributed by atoms with van der Waals surface area (Å²) in [5.74, 6) is 0.00614. The Morgan fingerprint density at radius 3 is 1.48 bits per heavy atom. The van der Waals surface area contributed by atoms with Crippen LogP contribution in [0.4, 0.5) is 0 Å². The molecule has 0 aromatic carbocycles. The normalized spacial score (nSPS) is 11.9. The van der Waals surface area contributed by atoms with Crippen molar-refractivity contribution in [1.82, 2.24) is 20.9 Å². The molecule has 1 unspecified atom stereocenters. The number of amides is 3. The first-order valence-electron chi connectivity index (χ1n) is 17.9. The fraction of sp³-hybridized carbons (Fsp3) is 0.914. The fourth-order valence-electron chi connectivity index (χ4n) is 5.25. The number of nitrogens with zero attached hydrogens (tertiary/aromatic N) is 1. The summed E-state index contributed by atoms with van der Waals surface area (Å²) < 4.78 is 0. The molecule has 0 rings (SSSR count). The molecule has 3 amide bonds. The molecule has 7 nitrogen and oxygen atoms in total. The van der Waals surface area contributed by atoms with Crippen LogP contribution in [-0.4, -0.2) is 62.4 Å². The molecular weight excluding hydrogens is 524 g/mol. The van der Waals surface area contributed by atoms with E-state index in [9.17, 15) is 14.4 Å². The molecule has 0 radical (unpaired) electrons. The van der Waals surface area contributed by atoms with E-state index in [0.717, 1.165) is 51.5 Å². The van der Waals surface area contributed by atoms with Gasteiger partial charge in [0.2, 0.25) is 17.7 Å². The molecule has 0 aliphatic heterocycles. The van der Waals surface area contributed by atoms with E-state index in [2.05, 4.69) is 34.7 Å². The topological polar surface area (TPSA) is 90.5 Å². The lowest BCUT2D eigenvalue weighted by atomic mass is 10.1. The molecule has 0 spiro atoms. The van der Waals surface area contributed by atoms with Gasteiger partial charge in [-0.1, -0.05) is 117 Å². The first-order valence-corrected chi connectivity index (χ1v) is 17.9. The zero-order valence-corrected chi connectivity index (χ0v) is 28.3. The third-order valence-corrected chi connectivity index (χ3v) is 7.99. The van der Waals surface area contributed by atoms with E-state index in [4.69, 9.17) is 0 Å². The van der Waals surface area contributed by atoms with Gasteiger partial charge in [0.15, 0.2) is 0 Å². The predicted molar refractivity (Wildman–Crippen MR) is 179 cm³/mol. The highest BCUT2D eigenvalue weighted by Crippen LogP contribution is 2.12. The van der Waals surface area contributed by atoms with Gasteiger partial charge in [-0.05, 0) is 59.2 Å². The summed E-state index contributed by atoms with van der Waals surface area (Å²) in [7, 11) is 4.04. The van der Waals surface area contributed by atoms with Gasteiger partial charge in [0.05, 0.1) is 0 Å². The molecule has 0 aliphatic carbocycles. The Morgan fingerprint density at radius 2 is 0.976 bits per heavy atom. The predicted octanol–water partition coefficient (Wildman–Crippen LogP) is 7.67. The van der Waals surface area contributed by atoms with Crippen LogP contribution in [0.25, 0.3) is 0 Å². The maximum atomic E-state index is 12.9. The lowest BCUT2D eigenvalue weighted by molar-refractivity contribution is -0.129. The standard InChI is InChI=1S/C35H70N4O3/c1-5-7-9-11-13-15-17-19-21-27-33(40)36-29-24-23-26-32(35(42)37-30-25-31-39(3)4)38-34(41)28-22-20-18-16-14-12-10-8-6-2/h32H,5-31H2,1-4H3,(H,36,40)(H,37,42)(H,38,41). The Labute approximate surface area is 260 Å². The van der Waals surface area contributed by atoms with Crippen LogP contribution < -0.4 is 16.0 Å². The van der Waals surface area contributed by atoms with Crippen molar-refractivity contribution in [2.45, 2.75) is 174 Å². The Kier molecular flexibility index (Phi) is 29.6. The second-order valence-electron chi connectivity index (χ2n) is 12.6. The molecule has 0 fully saturated rings. The highest BCUT2D eigenvalue weighted by atomic mass is 16.2. The third kappa shape index (κ3) is 28.5. The van der Waals surface area contributed by atoms with Crippen molar-refractivity contribution in [3.8, 4) is 0 Å². The van der Waals surface area contributed by atoms with Gasteiger partial charge in [-0.25, -0.2) is 0 Å². The molecule has 0 heterocycles. The van der Waals surface area contributed by atoms with Crippen molar-refractivity contribution in [2.75, 3.05) is 33.7 Å². The number of hydrogen-bond donors (Lipinski definition) is 3. The maximum absolute atomic E-state index is 12.9. The van der Waals surface area contributed by atoms with Gasteiger partial charge >= 0.3 is 0 Å². The fourth-order valence-corrected chi connectivity index (χ4v) is 5.25. The Bertz CT molecular complexity index is 642. The average Bonchev–Trinajstić information content (AvgIpc) is 2.96.